The average molecular weight is 217 g/mol. The van der Waals surface area contributed by atoms with E-state index in [4.69, 9.17) is 4.74 Å². The summed E-state index contributed by atoms with van der Waals surface area (Å²) < 4.78 is 4.94. The van der Waals surface area contributed by atoms with Gasteiger partial charge in [-0.25, -0.2) is 4.79 Å². The fourth-order valence-corrected chi connectivity index (χ4v) is 1.14. The molecule has 60 valence electrons. The first-order valence-electron chi connectivity index (χ1n) is 3.31. The molecule has 1 rings (SSSR count). The van der Waals surface area contributed by atoms with E-state index in [1.165, 1.54) is 0 Å². The third-order valence-electron chi connectivity index (χ3n) is 1.41. The molecule has 1 heterocycles. The summed E-state index contributed by atoms with van der Waals surface area (Å²) in [5.41, 5.74) is 1.70. The summed E-state index contributed by atoms with van der Waals surface area (Å²) in [6, 6.07) is 0. The van der Waals surface area contributed by atoms with Gasteiger partial charge in [-0.15, -0.1) is 0 Å². The van der Waals surface area contributed by atoms with Gasteiger partial charge in [0, 0.05) is 5.33 Å². The average Bonchev–Trinajstić information content (AvgIpc) is 2.31. The second-order valence-electron chi connectivity index (χ2n) is 2.56. The van der Waals surface area contributed by atoms with Gasteiger partial charge in [-0.2, -0.15) is 0 Å². The molecule has 0 N–H and O–H groups in total. The van der Waals surface area contributed by atoms with Crippen LogP contribution in [0.1, 0.15) is 13.8 Å². The lowest BCUT2D eigenvalue weighted by molar-refractivity contribution is -0.133. The van der Waals surface area contributed by atoms with Crippen LogP contribution in [0.5, 0.6) is 0 Å². The van der Waals surface area contributed by atoms with Crippen LogP contribution in [0.4, 0.5) is 0 Å². The summed E-state index contributed by atoms with van der Waals surface area (Å²) in [5, 5.41) is 0.558. The number of carbonyl (C=O) groups excluding carboxylic acids is 1. The summed E-state index contributed by atoms with van der Waals surface area (Å²) in [7, 11) is 0. The molecule has 1 aliphatic rings. The molecule has 0 spiro atoms. The van der Waals surface area contributed by atoms with Crippen molar-refractivity contribution in [3.63, 3.8) is 0 Å². The van der Waals surface area contributed by atoms with Crippen LogP contribution >= 0.6 is 15.9 Å². The zero-order valence-corrected chi connectivity index (χ0v) is 8.06. The maximum absolute atomic E-state index is 11.0. The molecule has 1 aliphatic heterocycles. The van der Waals surface area contributed by atoms with Crippen molar-refractivity contribution in [2.75, 3.05) is 5.33 Å². The quantitative estimate of drug-likeness (QED) is 0.497. The van der Waals surface area contributed by atoms with Crippen molar-refractivity contribution in [2.45, 2.75) is 13.8 Å². The lowest BCUT2D eigenvalue weighted by Gasteiger charge is -1.96. The third-order valence-corrected chi connectivity index (χ3v) is 2.01. The van der Waals surface area contributed by atoms with Gasteiger partial charge in [0.05, 0.1) is 5.57 Å². The number of hydrogen-bond donors (Lipinski definition) is 0. The molecular formula is C8H9BrO2. The molecule has 0 aliphatic carbocycles. The first-order chi connectivity index (χ1) is 5.15. The topological polar surface area (TPSA) is 26.3 Å². The smallest absolute Gasteiger partial charge is 0.340 e. The van der Waals surface area contributed by atoms with Gasteiger partial charge >= 0.3 is 5.97 Å². The Balaban J connectivity index is 2.92. The van der Waals surface area contributed by atoms with Gasteiger partial charge in [0.15, 0.2) is 0 Å². The predicted octanol–water partition coefficient (Wildman–Crippen LogP) is 2.16. The van der Waals surface area contributed by atoms with Crippen LogP contribution in [0.3, 0.4) is 0 Å². The minimum atomic E-state index is -0.238. The Bertz CT molecular complexity index is 247. The van der Waals surface area contributed by atoms with Gasteiger partial charge in [0.1, 0.15) is 5.76 Å². The van der Waals surface area contributed by atoms with Gasteiger partial charge in [-0.1, -0.05) is 15.9 Å². The fourth-order valence-electron chi connectivity index (χ4n) is 0.752. The largest absolute Gasteiger partial charge is 0.423 e. The maximum Gasteiger partial charge on any atom is 0.340 e. The van der Waals surface area contributed by atoms with E-state index in [1.54, 1.807) is 6.08 Å². The summed E-state index contributed by atoms with van der Waals surface area (Å²) in [5.74, 6) is 0.447. The van der Waals surface area contributed by atoms with Crippen LogP contribution in [0.2, 0.25) is 0 Å². The number of hydrogen-bond acceptors (Lipinski definition) is 2. The van der Waals surface area contributed by atoms with E-state index in [0.717, 1.165) is 5.57 Å². The highest BCUT2D eigenvalue weighted by atomic mass is 79.9. The first kappa shape index (κ1) is 8.53. The number of carbonyl (C=O) groups is 1. The van der Waals surface area contributed by atoms with E-state index in [-0.39, 0.29) is 5.97 Å². The highest BCUT2D eigenvalue weighted by Crippen LogP contribution is 2.20. The lowest BCUT2D eigenvalue weighted by Crippen LogP contribution is -1.99. The van der Waals surface area contributed by atoms with Crippen molar-refractivity contribution in [1.29, 1.82) is 0 Å². The van der Waals surface area contributed by atoms with E-state index in [1.807, 2.05) is 13.8 Å². The van der Waals surface area contributed by atoms with Crippen LogP contribution in [-0.2, 0) is 9.53 Å². The highest BCUT2D eigenvalue weighted by molar-refractivity contribution is 9.09. The molecular weight excluding hydrogens is 208 g/mol. The van der Waals surface area contributed by atoms with Gasteiger partial charge < -0.3 is 4.74 Å². The molecule has 0 bridgehead atoms. The molecule has 0 aromatic rings. The second kappa shape index (κ2) is 3.22. The maximum atomic E-state index is 11.0. The minimum absolute atomic E-state index is 0.238. The molecule has 0 saturated carbocycles. The zero-order valence-electron chi connectivity index (χ0n) is 6.48. The number of ether oxygens (including phenoxy) is 1. The summed E-state index contributed by atoms with van der Waals surface area (Å²) in [4.78, 5) is 11.0. The summed E-state index contributed by atoms with van der Waals surface area (Å²) in [6.07, 6.45) is 1.77. The number of halogens is 1. The predicted molar refractivity (Wildman–Crippen MR) is 46.3 cm³/mol. The Morgan fingerprint density at radius 2 is 2.27 bits per heavy atom. The molecule has 0 saturated heterocycles. The second-order valence-corrected chi connectivity index (χ2v) is 3.12. The van der Waals surface area contributed by atoms with Crippen molar-refractivity contribution in [3.05, 3.63) is 23.0 Å². The monoisotopic (exact) mass is 216 g/mol. The lowest BCUT2D eigenvalue weighted by atomic mass is 10.2. The van der Waals surface area contributed by atoms with E-state index in [2.05, 4.69) is 15.9 Å². The Kier molecular flexibility index (Phi) is 2.49. The van der Waals surface area contributed by atoms with Crippen molar-refractivity contribution in [3.8, 4) is 0 Å². The van der Waals surface area contributed by atoms with Crippen LogP contribution in [0.25, 0.3) is 0 Å². The molecule has 0 aromatic heterocycles. The molecule has 0 unspecified atom stereocenters. The van der Waals surface area contributed by atoms with E-state index < -0.39 is 0 Å². The van der Waals surface area contributed by atoms with Crippen molar-refractivity contribution >= 4 is 21.9 Å². The van der Waals surface area contributed by atoms with Crippen LogP contribution < -0.4 is 0 Å². The molecule has 3 heteroatoms. The molecule has 0 fully saturated rings. The molecule has 0 radical (unpaired) electrons. The molecule has 11 heavy (non-hydrogen) atoms. The van der Waals surface area contributed by atoms with Gasteiger partial charge in [0.2, 0.25) is 0 Å². The third kappa shape index (κ3) is 1.71. The zero-order chi connectivity index (χ0) is 8.43. The number of alkyl halides is 1. The molecule has 0 atom stereocenters. The summed E-state index contributed by atoms with van der Waals surface area (Å²) >= 11 is 3.20. The minimum Gasteiger partial charge on any atom is -0.423 e. The number of rotatable bonds is 1. The standard InChI is InChI=1S/C8H9BrO2/c1-5(2)7-3-6(4-9)8(10)11-7/h3H,4H2,1-2H3. The van der Waals surface area contributed by atoms with Crippen molar-refractivity contribution in [1.82, 2.24) is 0 Å². The van der Waals surface area contributed by atoms with Crippen molar-refractivity contribution in [2.24, 2.45) is 0 Å². The van der Waals surface area contributed by atoms with Gasteiger partial charge in [-0.05, 0) is 25.5 Å². The number of cyclic esters (lactones) is 1. The SMILES string of the molecule is CC(C)=C1C=C(CBr)C(=O)O1. The van der Waals surface area contributed by atoms with E-state index >= 15 is 0 Å². The molecule has 0 aromatic carbocycles. The van der Waals surface area contributed by atoms with Crippen molar-refractivity contribution < 1.29 is 9.53 Å². The van der Waals surface area contributed by atoms with Crippen LogP contribution in [-0.4, -0.2) is 11.3 Å². The van der Waals surface area contributed by atoms with Crippen LogP contribution in [0.15, 0.2) is 23.0 Å². The Hall–Kier alpha value is -0.570. The normalized spacial score (nSPS) is 16.5. The fraction of sp³-hybridized carbons (Fsp3) is 0.375. The Morgan fingerprint density at radius 3 is 2.55 bits per heavy atom. The molecule has 2 nitrogen and oxygen atoms in total. The van der Waals surface area contributed by atoms with E-state index in [9.17, 15) is 4.79 Å². The number of esters is 1. The Labute approximate surface area is 74.1 Å². The first-order valence-corrected chi connectivity index (χ1v) is 4.43. The highest BCUT2D eigenvalue weighted by Gasteiger charge is 2.20. The summed E-state index contributed by atoms with van der Waals surface area (Å²) in [6.45, 7) is 3.83. The van der Waals surface area contributed by atoms with Gasteiger partial charge in [0.25, 0.3) is 0 Å². The molecule has 0 amide bonds. The number of allylic oxidation sites excluding steroid dienone is 2. The van der Waals surface area contributed by atoms with Crippen LogP contribution in [0, 0.1) is 0 Å². The Morgan fingerprint density at radius 1 is 1.64 bits per heavy atom. The van der Waals surface area contributed by atoms with Gasteiger partial charge in [-0.3, -0.25) is 0 Å². The van der Waals surface area contributed by atoms with E-state index in [0.29, 0.717) is 16.7 Å².